The van der Waals surface area contributed by atoms with Crippen molar-refractivity contribution < 1.29 is 0 Å². The van der Waals surface area contributed by atoms with Gasteiger partial charge < -0.3 is 0 Å². The maximum absolute atomic E-state index is 13.9. The first kappa shape index (κ1) is 21.1. The molecule has 5 rings (SSSR count). The Morgan fingerprint density at radius 3 is 2.42 bits per heavy atom. The largest absolute Gasteiger partial charge is 0.285 e. The molecular formula is C30H28N2O. The van der Waals surface area contributed by atoms with E-state index in [4.69, 9.17) is 4.98 Å². The smallest absolute Gasteiger partial charge is 0.262 e. The summed E-state index contributed by atoms with van der Waals surface area (Å²) in [5.74, 6) is 0.739. The van der Waals surface area contributed by atoms with Gasteiger partial charge in [0.15, 0.2) is 0 Å². The molecule has 1 heterocycles. The molecule has 1 aliphatic rings. The van der Waals surface area contributed by atoms with Gasteiger partial charge in [-0.2, -0.15) is 0 Å². The van der Waals surface area contributed by atoms with E-state index in [1.807, 2.05) is 41.8 Å². The maximum Gasteiger partial charge on any atom is 0.262 e. The number of aryl methyl sites for hydroxylation is 2. The summed E-state index contributed by atoms with van der Waals surface area (Å²) < 4.78 is 1.89. The van der Waals surface area contributed by atoms with Gasteiger partial charge in [-0.25, -0.2) is 4.98 Å². The molecule has 0 fully saturated rings. The van der Waals surface area contributed by atoms with Crippen molar-refractivity contribution in [2.75, 3.05) is 0 Å². The zero-order valence-electron chi connectivity index (χ0n) is 19.2. The van der Waals surface area contributed by atoms with Crippen LogP contribution in [0.25, 0.3) is 10.9 Å². The Labute approximate surface area is 194 Å². The minimum Gasteiger partial charge on any atom is -0.285 e. The summed E-state index contributed by atoms with van der Waals surface area (Å²) in [6.45, 7) is 4.03. The summed E-state index contributed by atoms with van der Waals surface area (Å²) in [5, 5.41) is 0.679. The molecule has 0 saturated carbocycles. The third-order valence-corrected chi connectivity index (χ3v) is 6.44. The van der Waals surface area contributed by atoms with E-state index in [9.17, 15) is 4.79 Å². The molecule has 0 spiro atoms. The molecule has 4 aromatic rings. The lowest BCUT2D eigenvalue weighted by Gasteiger charge is -2.26. The van der Waals surface area contributed by atoms with Crippen LogP contribution in [0.1, 0.15) is 47.0 Å². The predicted octanol–water partition coefficient (Wildman–Crippen LogP) is 6.47. The number of allylic oxidation sites excluding steroid dienone is 4. The van der Waals surface area contributed by atoms with Gasteiger partial charge in [-0.3, -0.25) is 9.36 Å². The Morgan fingerprint density at radius 2 is 1.70 bits per heavy atom. The third-order valence-electron chi connectivity index (χ3n) is 6.44. The number of rotatable bonds is 5. The molecule has 1 atom stereocenters. The molecule has 1 aromatic heterocycles. The van der Waals surface area contributed by atoms with Gasteiger partial charge in [-0.05, 0) is 67.5 Å². The van der Waals surface area contributed by atoms with Gasteiger partial charge in [0.25, 0.3) is 5.56 Å². The normalized spacial score (nSPS) is 14.3. The van der Waals surface area contributed by atoms with Gasteiger partial charge in [-0.1, -0.05) is 84.5 Å². The Kier molecular flexibility index (Phi) is 5.78. The van der Waals surface area contributed by atoms with E-state index in [-0.39, 0.29) is 11.6 Å². The summed E-state index contributed by atoms with van der Waals surface area (Å²) in [4.78, 5) is 18.8. The molecule has 164 valence electrons. The fourth-order valence-electron chi connectivity index (χ4n) is 4.73. The average Bonchev–Trinajstić information content (AvgIpc) is 2.85. The highest BCUT2D eigenvalue weighted by molar-refractivity contribution is 5.78. The summed E-state index contributed by atoms with van der Waals surface area (Å²) >= 11 is 0. The first-order chi connectivity index (χ1) is 16.1. The molecule has 0 aliphatic heterocycles. The van der Waals surface area contributed by atoms with Crippen LogP contribution in [-0.4, -0.2) is 9.55 Å². The minimum absolute atomic E-state index is 0.0209. The molecular weight excluding hydrogens is 404 g/mol. The number of fused-ring (bicyclic) bond motifs is 1. The molecule has 0 radical (unpaired) electrons. The van der Waals surface area contributed by atoms with E-state index in [0.717, 1.165) is 41.7 Å². The molecule has 0 bridgehead atoms. The molecule has 3 nitrogen and oxygen atoms in total. The molecule has 0 saturated heterocycles. The van der Waals surface area contributed by atoms with Crippen LogP contribution in [0.3, 0.4) is 0 Å². The Hall–Kier alpha value is -3.72. The zero-order chi connectivity index (χ0) is 22.8. The Morgan fingerprint density at radius 1 is 0.939 bits per heavy atom. The minimum atomic E-state index is -0.152. The van der Waals surface area contributed by atoms with E-state index in [1.165, 1.54) is 16.7 Å². The van der Waals surface area contributed by atoms with Gasteiger partial charge in [-0.15, -0.1) is 0 Å². The molecule has 33 heavy (non-hydrogen) atoms. The van der Waals surface area contributed by atoms with Crippen LogP contribution in [0.2, 0.25) is 0 Å². The number of benzene rings is 3. The van der Waals surface area contributed by atoms with Crippen molar-refractivity contribution in [3.8, 4) is 0 Å². The van der Waals surface area contributed by atoms with E-state index in [1.54, 1.807) is 0 Å². The van der Waals surface area contributed by atoms with E-state index >= 15 is 0 Å². The molecule has 0 N–H and O–H groups in total. The van der Waals surface area contributed by atoms with Gasteiger partial charge in [0.1, 0.15) is 5.82 Å². The van der Waals surface area contributed by atoms with Crippen molar-refractivity contribution in [1.29, 1.82) is 0 Å². The maximum atomic E-state index is 13.9. The summed E-state index contributed by atoms with van der Waals surface area (Å²) in [5.41, 5.74) is 6.74. The fraction of sp³-hybridized carbons (Fsp3) is 0.200. The first-order valence-electron chi connectivity index (χ1n) is 11.6. The molecule has 1 unspecified atom stereocenters. The van der Waals surface area contributed by atoms with Crippen molar-refractivity contribution in [3.63, 3.8) is 0 Å². The van der Waals surface area contributed by atoms with Crippen molar-refractivity contribution in [2.45, 2.75) is 39.2 Å². The van der Waals surface area contributed by atoms with E-state index in [2.05, 4.69) is 67.6 Å². The molecule has 3 aromatic carbocycles. The van der Waals surface area contributed by atoms with Crippen molar-refractivity contribution in [1.82, 2.24) is 9.55 Å². The lowest BCUT2D eigenvalue weighted by Crippen LogP contribution is -2.30. The predicted molar refractivity (Wildman–Crippen MR) is 136 cm³/mol. The van der Waals surface area contributed by atoms with E-state index < -0.39 is 0 Å². The summed E-state index contributed by atoms with van der Waals surface area (Å²) in [6.07, 6.45) is 9.16. The SMILES string of the molecule is Cc1ccc(Cc2ccc3nc(C)n(C(C4=CC=CCC4)c4ccccc4)c(=O)c3c2)cc1. The Bertz CT molecular complexity index is 1410. The van der Waals surface area contributed by atoms with Gasteiger partial charge in [0.05, 0.1) is 16.9 Å². The Balaban J connectivity index is 1.64. The lowest BCUT2D eigenvalue weighted by atomic mass is 9.92. The molecule has 3 heteroatoms. The van der Waals surface area contributed by atoms with Crippen LogP contribution in [0.5, 0.6) is 0 Å². The second-order valence-corrected chi connectivity index (χ2v) is 8.87. The van der Waals surface area contributed by atoms with Gasteiger partial charge in [0.2, 0.25) is 0 Å². The zero-order valence-corrected chi connectivity index (χ0v) is 19.2. The van der Waals surface area contributed by atoms with Crippen LogP contribution in [0.4, 0.5) is 0 Å². The number of nitrogens with zero attached hydrogens (tertiary/aromatic N) is 2. The van der Waals surface area contributed by atoms with Crippen LogP contribution < -0.4 is 5.56 Å². The van der Waals surface area contributed by atoms with E-state index in [0.29, 0.717) is 5.39 Å². The monoisotopic (exact) mass is 432 g/mol. The highest BCUT2D eigenvalue weighted by atomic mass is 16.1. The quantitative estimate of drug-likeness (QED) is 0.362. The number of aromatic nitrogens is 2. The fourth-order valence-corrected chi connectivity index (χ4v) is 4.73. The lowest BCUT2D eigenvalue weighted by molar-refractivity contribution is 0.588. The average molecular weight is 433 g/mol. The summed E-state index contributed by atoms with van der Waals surface area (Å²) in [6, 6.07) is 24.8. The van der Waals surface area contributed by atoms with Crippen molar-refractivity contribution >= 4 is 10.9 Å². The first-order valence-corrected chi connectivity index (χ1v) is 11.6. The van der Waals surface area contributed by atoms with Crippen LogP contribution in [-0.2, 0) is 6.42 Å². The van der Waals surface area contributed by atoms with Gasteiger partial charge in [0, 0.05) is 0 Å². The third kappa shape index (κ3) is 4.31. The van der Waals surface area contributed by atoms with Gasteiger partial charge >= 0.3 is 0 Å². The van der Waals surface area contributed by atoms with Crippen molar-refractivity contribution in [3.05, 3.63) is 135 Å². The van der Waals surface area contributed by atoms with Crippen LogP contribution in [0, 0.1) is 13.8 Å². The summed E-state index contributed by atoms with van der Waals surface area (Å²) in [7, 11) is 0. The standard InChI is InChI=1S/C30H28N2O/c1-21-13-15-23(16-14-21)19-24-17-18-28-27(20-24)30(33)32(22(2)31-28)29(25-9-5-3-6-10-25)26-11-7-4-8-12-26/h3-7,9-11,13-18,20,29H,8,12,19H2,1-2H3. The molecule has 0 amide bonds. The number of hydrogen-bond donors (Lipinski definition) is 0. The highest BCUT2D eigenvalue weighted by Crippen LogP contribution is 2.31. The van der Waals surface area contributed by atoms with Crippen LogP contribution in [0.15, 0.2) is 101 Å². The second-order valence-electron chi connectivity index (χ2n) is 8.87. The van der Waals surface area contributed by atoms with Crippen molar-refractivity contribution in [2.24, 2.45) is 0 Å². The second kappa shape index (κ2) is 9.03. The number of hydrogen-bond acceptors (Lipinski definition) is 2. The molecule has 1 aliphatic carbocycles. The van der Waals surface area contributed by atoms with Crippen LogP contribution >= 0.6 is 0 Å². The topological polar surface area (TPSA) is 34.9 Å². The highest BCUT2D eigenvalue weighted by Gasteiger charge is 2.23.